The predicted molar refractivity (Wildman–Crippen MR) is 400 cm³/mol. The molecule has 0 saturated carbocycles. The van der Waals surface area contributed by atoms with E-state index in [-0.39, 0.29) is 0 Å². The second-order valence-electron chi connectivity index (χ2n) is 28.1. The van der Waals surface area contributed by atoms with Crippen LogP contribution < -0.4 is 0 Å². The van der Waals surface area contributed by atoms with Crippen molar-refractivity contribution in [3.05, 3.63) is 0 Å². The average molecular weight is 1510 g/mol. The Hall–Kier alpha value is 3.91. The number of hydrogen-bond donors (Lipinski definition) is 0. The molecule has 0 aromatic rings. The smallest absolute Gasteiger partial charge is 0.420 e. The molecule has 16 nitrogen and oxygen atoms in total. The van der Waals surface area contributed by atoms with E-state index in [1.807, 2.05) is 0 Å². The molecule has 0 heterocycles. The van der Waals surface area contributed by atoms with Gasteiger partial charge in [-0.3, -0.25) is 0 Å². The van der Waals surface area contributed by atoms with Crippen LogP contribution in [0.1, 0.15) is 25.7 Å². The van der Waals surface area contributed by atoms with E-state index in [0.29, 0.717) is 0 Å². The molecule has 0 spiro atoms. The van der Waals surface area contributed by atoms with Gasteiger partial charge in [0.05, 0.1) is 0 Å². The van der Waals surface area contributed by atoms with Crippen molar-refractivity contribution in [1.29, 1.82) is 0 Å². The summed E-state index contributed by atoms with van der Waals surface area (Å²) in [5, 5.41) is 0. The zero-order valence-corrected chi connectivity index (χ0v) is 81.3. The molecular weight excluding hydrogens is 1370 g/mol. The van der Waals surface area contributed by atoms with Gasteiger partial charge in [-0.2, -0.15) is 0 Å². The fourth-order valence-corrected chi connectivity index (χ4v) is 82.4. The minimum absolute atomic E-state index is 0.785. The fraction of sp³-hybridized carbons (Fsp3) is 1.00. The van der Waals surface area contributed by atoms with Crippen LogP contribution in [0.25, 0.3) is 0 Å². The fourth-order valence-electron chi connectivity index (χ4n) is 9.95. The molecule has 488 valence electrons. The summed E-state index contributed by atoms with van der Waals surface area (Å²) in [7, 11) is -44.2. The van der Waals surface area contributed by atoms with E-state index in [1.54, 1.807) is 0 Å². The van der Waals surface area contributed by atoms with Crippen molar-refractivity contribution in [2.75, 3.05) is 0 Å². The SMILES string of the molecule is C[SiH](C)O[Si](CCC[Si](C)(C)O[Si](O[Si](C)(C)CCC[Si](O[SiH](C)C)(O[SiH](C)C)O[SiH](C)C)(O[Si](C)(C)CCC[Si](O[SiH](C)C)(O[SiH](C)C)O[SiH](C)C)O[Si](C)(C)CCC[Si](O[SiH](C)C)(O[SiH](C)C)O[SiH](C)C)(O[SiH](C)C)O[SiH](C)C. The van der Waals surface area contributed by atoms with Gasteiger partial charge >= 0.3 is 44.3 Å². The summed E-state index contributed by atoms with van der Waals surface area (Å²) in [4.78, 5) is 0. The third-order valence-corrected chi connectivity index (χ3v) is 74.4. The van der Waals surface area contributed by atoms with Crippen LogP contribution in [-0.2, 0) is 65.8 Å². The average Bonchev–Trinajstić information content (AvgIpc) is 3.15. The highest BCUT2D eigenvalue weighted by atomic mass is 28.5. The van der Waals surface area contributed by atoms with Gasteiger partial charge < -0.3 is 65.8 Å². The van der Waals surface area contributed by atoms with E-state index in [1.165, 1.54) is 0 Å². The van der Waals surface area contributed by atoms with Gasteiger partial charge in [0.1, 0.15) is 0 Å². The van der Waals surface area contributed by atoms with Crippen molar-refractivity contribution < 1.29 is 65.8 Å². The lowest BCUT2D eigenvalue weighted by atomic mass is 10.6. The van der Waals surface area contributed by atoms with Gasteiger partial charge in [0, 0.05) is 24.2 Å². The van der Waals surface area contributed by atoms with Gasteiger partial charge in [0.25, 0.3) is 0 Å². The second-order valence-corrected chi connectivity index (χ2v) is 92.4. The first-order chi connectivity index (χ1) is 36.7. The summed E-state index contributed by atoms with van der Waals surface area (Å²) < 4.78 is 115. The van der Waals surface area contributed by atoms with Crippen molar-refractivity contribution in [1.82, 2.24) is 0 Å². The first-order valence-corrected chi connectivity index (χ1v) is 86.8. The zero-order valence-electron chi connectivity index (χ0n) is 58.4. The van der Waals surface area contributed by atoms with E-state index in [9.17, 15) is 0 Å². The molecule has 0 aromatic carbocycles. The second kappa shape index (κ2) is 38.8. The molecule has 81 heavy (non-hydrogen) atoms. The summed E-state index contributed by atoms with van der Waals surface area (Å²) in [6.45, 7) is 72.7. The quantitative estimate of drug-likeness (QED) is 0.0532. The molecule has 0 N–H and O–H groups in total. The van der Waals surface area contributed by atoms with Gasteiger partial charge in [0.2, 0.25) is 0 Å². The van der Waals surface area contributed by atoms with Crippen LogP contribution in [0.3, 0.4) is 0 Å². The Labute approximate surface area is 530 Å². The van der Waals surface area contributed by atoms with E-state index in [4.69, 9.17) is 65.8 Å². The molecule has 0 radical (unpaired) electrons. The molecule has 0 fully saturated rings. The van der Waals surface area contributed by atoms with Gasteiger partial charge in [-0.15, -0.1) is 0 Å². The standard InChI is InChI=1S/C44H132O16Si21/c1-61(2)45-77(46-62(3)4,47-63(5)6)41-33-37-73(25,26)57-81(58-74(27,28)38-34-42-78(48-64(7)8,49-65(9)10)50-66(11)12,59-75(29,30)39-35-43-79(51-67(13)14,52-68(15)16)53-69(17)18)60-76(31,32)40-36-44-80(54-70(19)20,55-71(21)22)56-72(23)24/h61-72H,33-44H2,1-32H3. The highest BCUT2D eigenvalue weighted by Gasteiger charge is 2.59. The Morgan fingerprint density at radius 1 is 0.185 bits per heavy atom. The topological polar surface area (TPSA) is 148 Å². The molecule has 0 rings (SSSR count). The van der Waals surface area contributed by atoms with Crippen LogP contribution in [0, 0.1) is 0 Å². The monoisotopic (exact) mass is 1500 g/mol. The third-order valence-electron chi connectivity index (χ3n) is 11.6. The van der Waals surface area contributed by atoms with E-state index < -0.39 is 186 Å². The van der Waals surface area contributed by atoms with Crippen molar-refractivity contribution in [2.24, 2.45) is 0 Å². The van der Waals surface area contributed by atoms with Crippen LogP contribution in [0.4, 0.5) is 0 Å². The number of hydrogen-bond acceptors (Lipinski definition) is 16. The van der Waals surface area contributed by atoms with E-state index in [2.05, 4.69) is 210 Å². The molecule has 0 amide bonds. The molecule has 0 atom stereocenters. The lowest BCUT2D eigenvalue weighted by Crippen LogP contribution is -2.66. The number of rotatable bonds is 48. The normalized spacial score (nSPS) is 14.7. The Morgan fingerprint density at radius 2 is 0.296 bits per heavy atom. The Kier molecular flexibility index (Phi) is 40.7. The highest BCUT2D eigenvalue weighted by molar-refractivity contribution is 6.93. The summed E-state index contributed by atoms with van der Waals surface area (Å²) in [5.41, 5.74) is 0. The van der Waals surface area contributed by atoms with Crippen LogP contribution in [-0.4, -0.2) is 186 Å². The maximum absolute atomic E-state index is 7.99. The maximum atomic E-state index is 7.99. The lowest BCUT2D eigenvalue weighted by molar-refractivity contribution is 0.145. The molecule has 0 unspecified atom stereocenters. The first-order valence-electron chi connectivity index (χ1n) is 31.6. The molecule has 0 saturated heterocycles. The van der Waals surface area contributed by atoms with Crippen molar-refractivity contribution in [3.63, 3.8) is 0 Å². The van der Waals surface area contributed by atoms with Crippen molar-refractivity contribution in [2.45, 2.75) is 284 Å². The molecule has 0 aliphatic heterocycles. The Bertz CT molecular complexity index is 1350. The summed E-state index contributed by atoms with van der Waals surface area (Å²) in [5.74, 6) is 0. The molecule has 37 heteroatoms. The summed E-state index contributed by atoms with van der Waals surface area (Å²) >= 11 is 0. The van der Waals surface area contributed by atoms with Crippen LogP contribution >= 0.6 is 0 Å². The van der Waals surface area contributed by atoms with Crippen LogP contribution in [0.5, 0.6) is 0 Å². The lowest BCUT2D eigenvalue weighted by Gasteiger charge is -2.46. The maximum Gasteiger partial charge on any atom is 0.636 e. The molecule has 0 bridgehead atoms. The predicted octanol–water partition coefficient (Wildman–Crippen LogP) is 11.6. The Morgan fingerprint density at radius 3 is 0.395 bits per heavy atom. The third kappa shape index (κ3) is 39.2. The van der Waals surface area contributed by atoms with E-state index in [0.717, 1.165) is 74.0 Å². The minimum atomic E-state index is -4.04. The van der Waals surface area contributed by atoms with Gasteiger partial charge in [0.15, 0.2) is 142 Å². The van der Waals surface area contributed by atoms with E-state index >= 15 is 0 Å². The first kappa shape index (κ1) is 84.9. The van der Waals surface area contributed by atoms with Gasteiger partial charge in [-0.05, 0) is 259 Å². The summed E-state index contributed by atoms with van der Waals surface area (Å²) in [6.07, 6.45) is 3.50. The Balaban J connectivity index is 8.24. The largest absolute Gasteiger partial charge is 0.636 e. The highest BCUT2D eigenvalue weighted by Crippen LogP contribution is 2.38. The van der Waals surface area contributed by atoms with Gasteiger partial charge in [-0.25, -0.2) is 0 Å². The van der Waals surface area contributed by atoms with Gasteiger partial charge in [-0.1, -0.05) is 0 Å². The summed E-state index contributed by atoms with van der Waals surface area (Å²) in [6, 6.07) is 6.58. The van der Waals surface area contributed by atoms with Crippen LogP contribution in [0.15, 0.2) is 0 Å². The molecule has 0 aliphatic rings. The van der Waals surface area contributed by atoms with Crippen molar-refractivity contribution >= 4 is 186 Å². The minimum Gasteiger partial charge on any atom is -0.420 e. The van der Waals surface area contributed by atoms with Crippen molar-refractivity contribution in [3.8, 4) is 0 Å². The molecule has 0 aromatic heterocycles. The zero-order chi connectivity index (χ0) is 63.2. The molecular formula is C44H132O16Si21. The van der Waals surface area contributed by atoms with Crippen LogP contribution in [0.2, 0.25) is 258 Å². The molecule has 0 aliphatic carbocycles.